The van der Waals surface area contributed by atoms with Crippen molar-refractivity contribution in [2.45, 2.75) is 26.7 Å². The predicted octanol–water partition coefficient (Wildman–Crippen LogP) is 3.15. The second-order valence-electron chi connectivity index (χ2n) is 4.42. The second-order valence-corrected chi connectivity index (χ2v) is 5.48. The van der Waals surface area contributed by atoms with Crippen LogP contribution in [-0.4, -0.2) is 29.9 Å². The molecule has 0 spiro atoms. The molecule has 2 rings (SSSR count). The third-order valence-corrected chi connectivity index (χ3v) is 3.91. The van der Waals surface area contributed by atoms with Gasteiger partial charge in [-0.25, -0.2) is 0 Å². The van der Waals surface area contributed by atoms with Crippen LogP contribution in [0.5, 0.6) is 5.75 Å². The Labute approximate surface area is 124 Å². The summed E-state index contributed by atoms with van der Waals surface area (Å²) in [5.74, 6) is 0.895. The third-order valence-electron chi connectivity index (χ3n) is 2.87. The minimum atomic E-state index is 0.689. The van der Waals surface area contributed by atoms with E-state index < -0.39 is 0 Å². The van der Waals surface area contributed by atoms with E-state index in [-0.39, 0.29) is 0 Å². The molecule has 0 aliphatic carbocycles. The minimum absolute atomic E-state index is 0.689. The summed E-state index contributed by atoms with van der Waals surface area (Å²) >= 11 is 1.67. The van der Waals surface area contributed by atoms with Gasteiger partial charge >= 0.3 is 0 Å². The van der Waals surface area contributed by atoms with Crippen LogP contribution in [0.15, 0.2) is 24.3 Å². The van der Waals surface area contributed by atoms with Gasteiger partial charge in [-0.1, -0.05) is 18.3 Å². The lowest BCUT2D eigenvalue weighted by Crippen LogP contribution is -2.14. The van der Waals surface area contributed by atoms with E-state index in [2.05, 4.69) is 22.4 Å². The van der Waals surface area contributed by atoms with Crippen LogP contribution < -0.4 is 10.1 Å². The highest BCUT2D eigenvalue weighted by Gasteiger charge is 2.06. The van der Waals surface area contributed by atoms with E-state index in [1.165, 1.54) is 0 Å². The predicted molar refractivity (Wildman–Crippen MR) is 83.4 cm³/mol. The van der Waals surface area contributed by atoms with Crippen molar-refractivity contribution in [3.8, 4) is 16.3 Å². The lowest BCUT2D eigenvalue weighted by Gasteiger charge is -2.02. The smallest absolute Gasteiger partial charge is 0.147 e. The van der Waals surface area contributed by atoms with E-state index in [0.717, 1.165) is 47.3 Å². The monoisotopic (exact) mass is 291 g/mol. The summed E-state index contributed by atoms with van der Waals surface area (Å²) in [5.41, 5.74) is 1.10. The Morgan fingerprint density at radius 1 is 1.15 bits per heavy atom. The molecule has 0 saturated heterocycles. The molecule has 2 aromatic rings. The molecule has 5 heteroatoms. The van der Waals surface area contributed by atoms with Crippen LogP contribution in [0.1, 0.15) is 25.3 Å². The molecular weight excluding hydrogens is 270 g/mol. The van der Waals surface area contributed by atoms with Crippen molar-refractivity contribution in [1.82, 2.24) is 15.5 Å². The van der Waals surface area contributed by atoms with E-state index >= 15 is 0 Å². The molecule has 4 nitrogen and oxygen atoms in total. The standard InChI is InChI=1S/C15H21N3OS/c1-3-16-11-5-6-14-17-18-15(20-14)12-7-9-13(10-8-12)19-4-2/h7-10,16H,3-6,11H2,1-2H3. The van der Waals surface area contributed by atoms with Crippen molar-refractivity contribution in [1.29, 1.82) is 0 Å². The van der Waals surface area contributed by atoms with Crippen LogP contribution >= 0.6 is 11.3 Å². The lowest BCUT2D eigenvalue weighted by molar-refractivity contribution is 0.340. The molecule has 1 heterocycles. The van der Waals surface area contributed by atoms with Crippen LogP contribution in [0.3, 0.4) is 0 Å². The summed E-state index contributed by atoms with van der Waals surface area (Å²) in [6.07, 6.45) is 2.09. The molecule has 0 amide bonds. The minimum Gasteiger partial charge on any atom is -0.494 e. The molecule has 20 heavy (non-hydrogen) atoms. The first kappa shape index (κ1) is 14.9. The highest BCUT2D eigenvalue weighted by molar-refractivity contribution is 7.14. The van der Waals surface area contributed by atoms with E-state index in [9.17, 15) is 0 Å². The number of nitrogens with zero attached hydrogens (tertiary/aromatic N) is 2. The summed E-state index contributed by atoms with van der Waals surface area (Å²) < 4.78 is 5.44. The zero-order valence-corrected chi connectivity index (χ0v) is 12.9. The molecule has 0 atom stereocenters. The Bertz CT molecular complexity index is 510. The first-order chi connectivity index (χ1) is 9.83. The fourth-order valence-electron chi connectivity index (χ4n) is 1.87. The van der Waals surface area contributed by atoms with Crippen LogP contribution in [0.2, 0.25) is 0 Å². The SMILES string of the molecule is CCNCCCc1nnc(-c2ccc(OCC)cc2)s1. The third kappa shape index (κ3) is 4.28. The largest absolute Gasteiger partial charge is 0.494 e. The molecule has 1 N–H and O–H groups in total. The molecular formula is C15H21N3OS. The van der Waals surface area contributed by atoms with Gasteiger partial charge in [0.25, 0.3) is 0 Å². The lowest BCUT2D eigenvalue weighted by atomic mass is 10.2. The van der Waals surface area contributed by atoms with Crippen molar-refractivity contribution in [2.24, 2.45) is 0 Å². The molecule has 0 radical (unpaired) electrons. The van der Waals surface area contributed by atoms with Crippen molar-refractivity contribution >= 4 is 11.3 Å². The van der Waals surface area contributed by atoms with E-state index in [1.807, 2.05) is 31.2 Å². The molecule has 0 fully saturated rings. The maximum Gasteiger partial charge on any atom is 0.147 e. The highest BCUT2D eigenvalue weighted by atomic mass is 32.1. The number of aryl methyl sites for hydroxylation is 1. The van der Waals surface area contributed by atoms with Crippen LogP contribution in [-0.2, 0) is 6.42 Å². The van der Waals surface area contributed by atoms with Gasteiger partial charge in [-0.2, -0.15) is 0 Å². The summed E-state index contributed by atoms with van der Waals surface area (Å²) in [7, 11) is 0. The molecule has 0 bridgehead atoms. The van der Waals surface area contributed by atoms with Crippen LogP contribution in [0.4, 0.5) is 0 Å². The van der Waals surface area contributed by atoms with E-state index in [0.29, 0.717) is 6.61 Å². The van der Waals surface area contributed by atoms with Crippen molar-refractivity contribution in [3.05, 3.63) is 29.3 Å². The zero-order chi connectivity index (χ0) is 14.2. The highest BCUT2D eigenvalue weighted by Crippen LogP contribution is 2.25. The molecule has 108 valence electrons. The van der Waals surface area contributed by atoms with Crippen molar-refractivity contribution < 1.29 is 4.74 Å². The number of hydrogen-bond acceptors (Lipinski definition) is 5. The zero-order valence-electron chi connectivity index (χ0n) is 12.1. The van der Waals surface area contributed by atoms with Crippen molar-refractivity contribution in [2.75, 3.05) is 19.7 Å². The fourth-order valence-corrected chi connectivity index (χ4v) is 2.76. The summed E-state index contributed by atoms with van der Waals surface area (Å²) in [6.45, 7) is 6.85. The topological polar surface area (TPSA) is 47.0 Å². The first-order valence-corrected chi connectivity index (χ1v) is 7.91. The fraction of sp³-hybridized carbons (Fsp3) is 0.467. The van der Waals surface area contributed by atoms with Gasteiger partial charge < -0.3 is 10.1 Å². The number of hydrogen-bond donors (Lipinski definition) is 1. The molecule has 1 aromatic heterocycles. The average molecular weight is 291 g/mol. The normalized spacial score (nSPS) is 10.7. The maximum atomic E-state index is 5.44. The Kier molecular flexibility index (Phi) is 5.95. The van der Waals surface area contributed by atoms with Gasteiger partial charge in [0, 0.05) is 12.0 Å². The second kappa shape index (κ2) is 7.97. The van der Waals surface area contributed by atoms with Gasteiger partial charge in [-0.05, 0) is 50.7 Å². The number of aromatic nitrogens is 2. The Morgan fingerprint density at radius 3 is 2.65 bits per heavy atom. The number of nitrogens with one attached hydrogen (secondary N) is 1. The quantitative estimate of drug-likeness (QED) is 0.759. The summed E-state index contributed by atoms with van der Waals surface area (Å²) in [6, 6.07) is 8.03. The van der Waals surface area contributed by atoms with Crippen LogP contribution in [0, 0.1) is 0 Å². The number of rotatable bonds is 8. The van der Waals surface area contributed by atoms with Gasteiger partial charge in [0.15, 0.2) is 0 Å². The molecule has 1 aromatic carbocycles. The Hall–Kier alpha value is -1.46. The van der Waals surface area contributed by atoms with Gasteiger partial charge in [-0.3, -0.25) is 0 Å². The van der Waals surface area contributed by atoms with Gasteiger partial charge in [0.2, 0.25) is 0 Å². The van der Waals surface area contributed by atoms with E-state index in [1.54, 1.807) is 11.3 Å². The van der Waals surface area contributed by atoms with Gasteiger partial charge in [0.1, 0.15) is 15.8 Å². The Balaban J connectivity index is 1.93. The first-order valence-electron chi connectivity index (χ1n) is 7.09. The number of ether oxygens (including phenoxy) is 1. The molecule has 0 saturated carbocycles. The maximum absolute atomic E-state index is 5.44. The average Bonchev–Trinajstić information content (AvgIpc) is 2.94. The van der Waals surface area contributed by atoms with Gasteiger partial charge in [-0.15, -0.1) is 10.2 Å². The Morgan fingerprint density at radius 2 is 1.95 bits per heavy atom. The molecule has 0 unspecified atom stereocenters. The molecule has 0 aliphatic heterocycles. The molecule has 0 aliphatic rings. The number of benzene rings is 1. The van der Waals surface area contributed by atoms with Crippen LogP contribution in [0.25, 0.3) is 10.6 Å². The van der Waals surface area contributed by atoms with Crippen molar-refractivity contribution in [3.63, 3.8) is 0 Å². The van der Waals surface area contributed by atoms with Gasteiger partial charge in [0.05, 0.1) is 6.61 Å². The summed E-state index contributed by atoms with van der Waals surface area (Å²) in [4.78, 5) is 0. The van der Waals surface area contributed by atoms with E-state index in [4.69, 9.17) is 4.74 Å². The summed E-state index contributed by atoms with van der Waals surface area (Å²) in [5, 5.41) is 13.9.